The van der Waals surface area contributed by atoms with Crippen LogP contribution in [0.1, 0.15) is 16.8 Å². The van der Waals surface area contributed by atoms with Gasteiger partial charge in [0.05, 0.1) is 12.7 Å². The van der Waals surface area contributed by atoms with Gasteiger partial charge in [-0.3, -0.25) is 14.4 Å². The molecule has 10 heteroatoms. The Bertz CT molecular complexity index is 1190. The number of carbonyl (C=O) groups excluding carboxylic acids is 4. The number of nitrogens with zero attached hydrogens (tertiary/aromatic N) is 2. The van der Waals surface area contributed by atoms with E-state index < -0.39 is 36.2 Å². The van der Waals surface area contributed by atoms with E-state index in [0.29, 0.717) is 22.2 Å². The Morgan fingerprint density at radius 3 is 2.42 bits per heavy atom. The fourth-order valence-electron chi connectivity index (χ4n) is 3.30. The Balaban J connectivity index is 1.70. The van der Waals surface area contributed by atoms with E-state index in [2.05, 4.69) is 0 Å². The summed E-state index contributed by atoms with van der Waals surface area (Å²) in [6.07, 6.45) is 1.36. The van der Waals surface area contributed by atoms with Crippen LogP contribution in [-0.2, 0) is 30.4 Å². The maximum atomic E-state index is 13.2. The predicted octanol–water partition coefficient (Wildman–Crippen LogP) is 2.02. The van der Waals surface area contributed by atoms with Gasteiger partial charge in [0.1, 0.15) is 12.4 Å². The minimum Gasteiger partial charge on any atom is -0.465 e. The van der Waals surface area contributed by atoms with Gasteiger partial charge in [0.15, 0.2) is 6.61 Å². The van der Waals surface area contributed by atoms with Crippen LogP contribution in [0.2, 0.25) is 0 Å². The SMILES string of the molecule is COC(=O)c1cn(CC(=O)OCC(=O)N(CCC(N)=O)c2ccc(F)cc2)c2ccccc12. The quantitative estimate of drug-likeness (QED) is 0.493. The normalized spacial score (nSPS) is 10.6. The Morgan fingerprint density at radius 1 is 1.06 bits per heavy atom. The number of fused-ring (bicyclic) bond motifs is 1. The summed E-state index contributed by atoms with van der Waals surface area (Å²) in [4.78, 5) is 49.5. The van der Waals surface area contributed by atoms with E-state index >= 15 is 0 Å². The lowest BCUT2D eigenvalue weighted by Gasteiger charge is -2.22. The smallest absolute Gasteiger partial charge is 0.340 e. The van der Waals surface area contributed by atoms with Crippen LogP contribution in [0.15, 0.2) is 54.7 Å². The van der Waals surface area contributed by atoms with Gasteiger partial charge in [0, 0.05) is 35.8 Å². The van der Waals surface area contributed by atoms with Gasteiger partial charge < -0.3 is 24.7 Å². The highest BCUT2D eigenvalue weighted by molar-refractivity contribution is 6.04. The lowest BCUT2D eigenvalue weighted by Crippen LogP contribution is -2.37. The summed E-state index contributed by atoms with van der Waals surface area (Å²) >= 11 is 0. The number of rotatable bonds is 9. The van der Waals surface area contributed by atoms with Gasteiger partial charge in [-0.05, 0) is 30.3 Å². The molecular weight excluding hydrogens is 433 g/mol. The van der Waals surface area contributed by atoms with E-state index in [1.54, 1.807) is 24.3 Å². The van der Waals surface area contributed by atoms with E-state index in [4.69, 9.17) is 15.2 Å². The van der Waals surface area contributed by atoms with Crippen LogP contribution in [0.4, 0.5) is 10.1 Å². The summed E-state index contributed by atoms with van der Waals surface area (Å²) in [6, 6.07) is 12.1. The molecule has 0 saturated carbocycles. The number of halogens is 1. The molecule has 0 aliphatic rings. The number of esters is 2. The lowest BCUT2D eigenvalue weighted by molar-refractivity contribution is -0.148. The number of ether oxygens (including phenoxy) is 2. The molecule has 2 aromatic carbocycles. The van der Waals surface area contributed by atoms with E-state index in [1.165, 1.54) is 47.0 Å². The largest absolute Gasteiger partial charge is 0.465 e. The molecule has 172 valence electrons. The third kappa shape index (κ3) is 5.73. The summed E-state index contributed by atoms with van der Waals surface area (Å²) < 4.78 is 24.7. The second kappa shape index (κ2) is 10.4. The summed E-state index contributed by atoms with van der Waals surface area (Å²) in [5.74, 6) is -2.97. The van der Waals surface area contributed by atoms with Crippen molar-refractivity contribution in [2.75, 3.05) is 25.2 Å². The molecule has 0 radical (unpaired) electrons. The second-order valence-electron chi connectivity index (χ2n) is 7.08. The topological polar surface area (TPSA) is 121 Å². The zero-order valence-electron chi connectivity index (χ0n) is 17.8. The Hall–Kier alpha value is -4.21. The van der Waals surface area contributed by atoms with Gasteiger partial charge in [0.2, 0.25) is 5.91 Å². The zero-order chi connectivity index (χ0) is 24.0. The number of anilines is 1. The number of nitrogens with two attached hydrogens (primary N) is 1. The molecule has 0 aliphatic carbocycles. The van der Waals surface area contributed by atoms with Crippen molar-refractivity contribution in [2.24, 2.45) is 5.73 Å². The summed E-state index contributed by atoms with van der Waals surface area (Å²) in [5, 5.41) is 0.613. The molecule has 0 aliphatic heterocycles. The first kappa shape index (κ1) is 23.5. The van der Waals surface area contributed by atoms with Gasteiger partial charge in [-0.25, -0.2) is 9.18 Å². The molecule has 0 unspecified atom stereocenters. The maximum absolute atomic E-state index is 13.2. The van der Waals surface area contributed by atoms with Gasteiger partial charge in [-0.15, -0.1) is 0 Å². The molecular formula is C23H22FN3O6. The third-order valence-corrected chi connectivity index (χ3v) is 4.87. The Kier molecular flexibility index (Phi) is 7.39. The molecule has 9 nitrogen and oxygen atoms in total. The number of aromatic nitrogens is 1. The van der Waals surface area contributed by atoms with Crippen LogP contribution < -0.4 is 10.6 Å². The van der Waals surface area contributed by atoms with Crippen LogP contribution in [-0.4, -0.2) is 48.6 Å². The first-order valence-electron chi connectivity index (χ1n) is 9.96. The van der Waals surface area contributed by atoms with Crippen LogP contribution in [0.25, 0.3) is 10.9 Å². The summed E-state index contributed by atoms with van der Waals surface area (Å²) in [5.41, 5.74) is 6.42. The summed E-state index contributed by atoms with van der Waals surface area (Å²) in [7, 11) is 1.26. The standard InChI is InChI=1S/C23H22FN3O6/c1-32-23(31)18-12-26(19-5-3-2-4-17(18)19)13-22(30)33-14-21(29)27(11-10-20(25)28)16-8-6-15(24)7-9-16/h2-9,12H,10-11,13-14H2,1H3,(H2,25,28). The molecule has 3 aromatic rings. The molecule has 1 heterocycles. The van der Waals surface area contributed by atoms with Gasteiger partial charge in [-0.2, -0.15) is 0 Å². The van der Waals surface area contributed by atoms with Crippen molar-refractivity contribution in [3.63, 3.8) is 0 Å². The number of hydrogen-bond acceptors (Lipinski definition) is 6. The van der Waals surface area contributed by atoms with E-state index in [1.807, 2.05) is 0 Å². The molecule has 2 amide bonds. The number of carbonyl (C=O) groups is 4. The van der Waals surface area contributed by atoms with E-state index in [-0.39, 0.29) is 19.5 Å². The zero-order valence-corrected chi connectivity index (χ0v) is 17.8. The molecule has 3 rings (SSSR count). The molecule has 2 N–H and O–H groups in total. The fraction of sp³-hybridized carbons (Fsp3) is 0.217. The minimum atomic E-state index is -0.713. The molecule has 0 fully saturated rings. The van der Waals surface area contributed by atoms with E-state index in [9.17, 15) is 23.6 Å². The number of methoxy groups -OCH3 is 1. The van der Waals surface area contributed by atoms with Crippen LogP contribution in [0.5, 0.6) is 0 Å². The van der Waals surface area contributed by atoms with Gasteiger partial charge in [-0.1, -0.05) is 18.2 Å². The van der Waals surface area contributed by atoms with Gasteiger partial charge >= 0.3 is 11.9 Å². The van der Waals surface area contributed by atoms with E-state index in [0.717, 1.165) is 0 Å². The molecule has 1 aromatic heterocycles. The number of benzene rings is 2. The minimum absolute atomic E-state index is 0.0535. The maximum Gasteiger partial charge on any atom is 0.340 e. The average molecular weight is 455 g/mol. The molecule has 0 bridgehead atoms. The van der Waals surface area contributed by atoms with Crippen LogP contribution in [0, 0.1) is 5.82 Å². The number of para-hydroxylation sites is 1. The highest BCUT2D eigenvalue weighted by Gasteiger charge is 2.20. The highest BCUT2D eigenvalue weighted by Crippen LogP contribution is 2.22. The molecule has 33 heavy (non-hydrogen) atoms. The van der Waals surface area contributed by atoms with Crippen molar-refractivity contribution < 1.29 is 33.0 Å². The van der Waals surface area contributed by atoms with Crippen molar-refractivity contribution in [1.82, 2.24) is 4.57 Å². The average Bonchev–Trinajstić information content (AvgIpc) is 3.16. The first-order valence-corrected chi connectivity index (χ1v) is 9.96. The number of hydrogen-bond donors (Lipinski definition) is 1. The fourth-order valence-corrected chi connectivity index (χ4v) is 3.30. The molecule has 0 saturated heterocycles. The highest BCUT2D eigenvalue weighted by atomic mass is 19.1. The summed E-state index contributed by atoms with van der Waals surface area (Å²) in [6.45, 7) is -0.900. The van der Waals surface area contributed by atoms with Crippen molar-refractivity contribution in [3.8, 4) is 0 Å². The molecule has 0 atom stereocenters. The Labute approximate surface area is 188 Å². The monoisotopic (exact) mass is 455 g/mol. The first-order chi connectivity index (χ1) is 15.8. The Morgan fingerprint density at radius 2 is 1.76 bits per heavy atom. The predicted molar refractivity (Wildman–Crippen MR) is 117 cm³/mol. The van der Waals surface area contributed by atoms with Crippen molar-refractivity contribution in [3.05, 3.63) is 66.1 Å². The van der Waals surface area contributed by atoms with Crippen molar-refractivity contribution in [2.45, 2.75) is 13.0 Å². The number of primary amides is 1. The lowest BCUT2D eigenvalue weighted by atomic mass is 10.2. The third-order valence-electron chi connectivity index (χ3n) is 4.87. The van der Waals surface area contributed by atoms with Gasteiger partial charge in [0.25, 0.3) is 5.91 Å². The number of amides is 2. The van der Waals surface area contributed by atoms with Crippen LogP contribution >= 0.6 is 0 Å². The second-order valence-corrected chi connectivity index (χ2v) is 7.08. The van der Waals surface area contributed by atoms with Crippen molar-refractivity contribution >= 4 is 40.3 Å². The molecule has 0 spiro atoms. The van der Waals surface area contributed by atoms with Crippen LogP contribution in [0.3, 0.4) is 0 Å². The van der Waals surface area contributed by atoms with Crippen molar-refractivity contribution in [1.29, 1.82) is 0 Å².